The molecule has 0 atom stereocenters. The maximum absolute atomic E-state index is 11.8. The van der Waals surface area contributed by atoms with Crippen molar-refractivity contribution in [3.63, 3.8) is 0 Å². The van der Waals surface area contributed by atoms with Gasteiger partial charge in [0, 0.05) is 51.7 Å². The molecule has 0 spiro atoms. The van der Waals surface area contributed by atoms with Gasteiger partial charge in [-0.1, -0.05) is 0 Å². The van der Waals surface area contributed by atoms with Gasteiger partial charge in [0.25, 0.3) is 0 Å². The zero-order valence-electron chi connectivity index (χ0n) is 15.8. The maximum Gasteiger partial charge on any atom is 0.409 e. The minimum atomic E-state index is -0.245. The Morgan fingerprint density at radius 2 is 1.77 bits per heavy atom. The molecule has 2 fully saturated rings. The monoisotopic (exact) mass is 481 g/mol. The van der Waals surface area contributed by atoms with E-state index in [-0.39, 0.29) is 36.0 Å². The van der Waals surface area contributed by atoms with Crippen LogP contribution in [0.1, 0.15) is 39.5 Å². The van der Waals surface area contributed by atoms with Gasteiger partial charge in [-0.15, -0.1) is 24.0 Å². The number of halogens is 1. The van der Waals surface area contributed by atoms with E-state index in [1.54, 1.807) is 4.90 Å². The number of nitrogens with zero attached hydrogens (tertiary/aromatic N) is 3. The average molecular weight is 481 g/mol. The molecule has 150 valence electrons. The largest absolute Gasteiger partial charge is 0.450 e. The lowest BCUT2D eigenvalue weighted by Crippen LogP contribution is -2.53. The molecule has 0 aromatic carbocycles. The Hall–Kier alpha value is -1.26. The number of hydrogen-bond acceptors (Lipinski definition) is 4. The van der Waals surface area contributed by atoms with Crippen LogP contribution in [0, 0.1) is 0 Å². The van der Waals surface area contributed by atoms with Crippen LogP contribution in [0.5, 0.6) is 0 Å². The standard InChI is InChI=1S/C17H31N5O3.HI/c1-3-18-16(19-9-5-6-15(23)20-14-7-8-14)21-10-12-22(13-11-21)17(24)25-4-2;/h14H,3-13H2,1-2H3,(H,18,19)(H,20,23);1H. The van der Waals surface area contributed by atoms with Crippen LogP contribution in [0.4, 0.5) is 4.79 Å². The number of amides is 2. The molecule has 2 N–H and O–H groups in total. The molecule has 1 saturated carbocycles. The highest BCUT2D eigenvalue weighted by molar-refractivity contribution is 14.0. The van der Waals surface area contributed by atoms with Crippen LogP contribution in [-0.2, 0) is 9.53 Å². The van der Waals surface area contributed by atoms with Crippen molar-refractivity contribution in [3.8, 4) is 0 Å². The van der Waals surface area contributed by atoms with Gasteiger partial charge in [0.2, 0.25) is 5.91 Å². The van der Waals surface area contributed by atoms with Crippen LogP contribution < -0.4 is 10.6 Å². The number of rotatable bonds is 7. The van der Waals surface area contributed by atoms with Crippen molar-refractivity contribution in [1.82, 2.24) is 20.4 Å². The van der Waals surface area contributed by atoms with E-state index in [1.807, 2.05) is 13.8 Å². The van der Waals surface area contributed by atoms with Gasteiger partial charge in [0.15, 0.2) is 5.96 Å². The molecule has 2 aliphatic rings. The highest BCUT2D eigenvalue weighted by Gasteiger charge is 2.24. The van der Waals surface area contributed by atoms with Crippen LogP contribution in [0.2, 0.25) is 0 Å². The van der Waals surface area contributed by atoms with Crippen molar-refractivity contribution in [3.05, 3.63) is 0 Å². The Labute approximate surface area is 173 Å². The fourth-order valence-corrected chi connectivity index (χ4v) is 2.69. The first kappa shape index (κ1) is 22.8. The Kier molecular flexibility index (Phi) is 10.7. The molecule has 0 unspecified atom stereocenters. The van der Waals surface area contributed by atoms with Gasteiger partial charge >= 0.3 is 6.09 Å². The molecule has 1 aliphatic carbocycles. The van der Waals surface area contributed by atoms with Crippen molar-refractivity contribution in [2.24, 2.45) is 4.99 Å². The summed E-state index contributed by atoms with van der Waals surface area (Å²) in [5, 5.41) is 6.29. The fourth-order valence-electron chi connectivity index (χ4n) is 2.69. The molecular weight excluding hydrogens is 449 g/mol. The predicted molar refractivity (Wildman–Crippen MR) is 112 cm³/mol. The molecule has 0 aromatic heterocycles. The summed E-state index contributed by atoms with van der Waals surface area (Å²) < 4.78 is 5.04. The van der Waals surface area contributed by atoms with Crippen LogP contribution in [0.25, 0.3) is 0 Å². The number of carbonyl (C=O) groups is 2. The minimum absolute atomic E-state index is 0. The zero-order valence-corrected chi connectivity index (χ0v) is 18.2. The summed E-state index contributed by atoms with van der Waals surface area (Å²) in [6.07, 6.45) is 3.26. The Bertz CT molecular complexity index is 477. The van der Waals surface area contributed by atoms with Gasteiger partial charge in [-0.25, -0.2) is 4.79 Å². The molecule has 0 radical (unpaired) electrons. The SMILES string of the molecule is CCNC(=NCCCC(=O)NC1CC1)N1CCN(C(=O)OCC)CC1.I. The van der Waals surface area contributed by atoms with Gasteiger partial charge in [-0.2, -0.15) is 0 Å². The van der Waals surface area contributed by atoms with Crippen LogP contribution in [-0.4, -0.2) is 79.7 Å². The third kappa shape index (κ3) is 7.96. The smallest absolute Gasteiger partial charge is 0.409 e. The molecular formula is C17H32IN5O3. The molecule has 0 bridgehead atoms. The number of nitrogens with one attached hydrogen (secondary N) is 2. The Balaban J connectivity index is 0.00000338. The van der Waals surface area contributed by atoms with E-state index in [9.17, 15) is 9.59 Å². The number of carbonyl (C=O) groups excluding carboxylic acids is 2. The van der Waals surface area contributed by atoms with Crippen molar-refractivity contribution < 1.29 is 14.3 Å². The molecule has 8 nitrogen and oxygen atoms in total. The van der Waals surface area contributed by atoms with E-state index in [2.05, 4.69) is 20.5 Å². The van der Waals surface area contributed by atoms with Gasteiger partial charge in [-0.05, 0) is 33.1 Å². The molecule has 2 rings (SSSR count). The zero-order chi connectivity index (χ0) is 18.1. The average Bonchev–Trinajstić information content (AvgIpc) is 3.42. The first-order valence-electron chi connectivity index (χ1n) is 9.38. The highest BCUT2D eigenvalue weighted by atomic mass is 127. The lowest BCUT2D eigenvalue weighted by atomic mass is 10.3. The lowest BCUT2D eigenvalue weighted by Gasteiger charge is -2.35. The topological polar surface area (TPSA) is 86.3 Å². The minimum Gasteiger partial charge on any atom is -0.450 e. The third-order valence-corrected chi connectivity index (χ3v) is 4.21. The van der Waals surface area contributed by atoms with E-state index in [4.69, 9.17) is 4.74 Å². The van der Waals surface area contributed by atoms with E-state index in [1.165, 1.54) is 0 Å². The number of aliphatic imine (C=N–C) groups is 1. The van der Waals surface area contributed by atoms with Crippen LogP contribution in [0.3, 0.4) is 0 Å². The second-order valence-electron chi connectivity index (χ2n) is 6.35. The highest BCUT2D eigenvalue weighted by Crippen LogP contribution is 2.18. The normalized spacial score (nSPS) is 17.4. The van der Waals surface area contributed by atoms with Crippen molar-refractivity contribution >= 4 is 41.9 Å². The van der Waals surface area contributed by atoms with E-state index in [0.29, 0.717) is 38.7 Å². The second-order valence-corrected chi connectivity index (χ2v) is 6.35. The third-order valence-electron chi connectivity index (χ3n) is 4.21. The first-order valence-corrected chi connectivity index (χ1v) is 9.38. The van der Waals surface area contributed by atoms with Gasteiger partial charge in [0.05, 0.1) is 6.61 Å². The molecule has 2 amide bonds. The van der Waals surface area contributed by atoms with E-state index >= 15 is 0 Å². The second kappa shape index (κ2) is 12.2. The Morgan fingerprint density at radius 3 is 2.35 bits per heavy atom. The number of guanidine groups is 1. The van der Waals surface area contributed by atoms with Gasteiger partial charge < -0.3 is 25.2 Å². The summed E-state index contributed by atoms with van der Waals surface area (Å²) in [7, 11) is 0. The summed E-state index contributed by atoms with van der Waals surface area (Å²) in [4.78, 5) is 32.0. The molecule has 26 heavy (non-hydrogen) atoms. The Morgan fingerprint density at radius 1 is 1.12 bits per heavy atom. The van der Waals surface area contributed by atoms with Gasteiger partial charge in [-0.3, -0.25) is 9.79 Å². The predicted octanol–water partition coefficient (Wildman–Crippen LogP) is 1.40. The maximum atomic E-state index is 11.8. The number of hydrogen-bond donors (Lipinski definition) is 2. The quantitative estimate of drug-likeness (QED) is 0.249. The number of ether oxygens (including phenoxy) is 1. The molecule has 1 heterocycles. The summed E-state index contributed by atoms with van der Waals surface area (Å²) in [5.41, 5.74) is 0. The van der Waals surface area contributed by atoms with E-state index < -0.39 is 0 Å². The van der Waals surface area contributed by atoms with Crippen molar-refractivity contribution in [1.29, 1.82) is 0 Å². The summed E-state index contributed by atoms with van der Waals surface area (Å²) in [5.74, 6) is 0.986. The summed E-state index contributed by atoms with van der Waals surface area (Å²) >= 11 is 0. The van der Waals surface area contributed by atoms with Crippen molar-refractivity contribution in [2.45, 2.75) is 45.6 Å². The van der Waals surface area contributed by atoms with Crippen LogP contribution >= 0.6 is 24.0 Å². The molecule has 0 aromatic rings. The number of piperazine rings is 1. The van der Waals surface area contributed by atoms with Crippen LogP contribution in [0.15, 0.2) is 4.99 Å². The lowest BCUT2D eigenvalue weighted by molar-refractivity contribution is -0.121. The van der Waals surface area contributed by atoms with Gasteiger partial charge in [0.1, 0.15) is 0 Å². The fraction of sp³-hybridized carbons (Fsp3) is 0.824. The first-order chi connectivity index (χ1) is 12.1. The molecule has 1 saturated heterocycles. The van der Waals surface area contributed by atoms with E-state index in [0.717, 1.165) is 44.9 Å². The summed E-state index contributed by atoms with van der Waals surface area (Å²) in [6, 6.07) is 0.420. The molecule has 1 aliphatic heterocycles. The van der Waals surface area contributed by atoms with Crippen molar-refractivity contribution in [2.75, 3.05) is 45.9 Å². The summed E-state index contributed by atoms with van der Waals surface area (Å²) in [6.45, 7) is 8.39. The molecule has 9 heteroatoms.